The summed E-state index contributed by atoms with van der Waals surface area (Å²) in [7, 11) is 0. The van der Waals surface area contributed by atoms with Gasteiger partial charge in [0.15, 0.2) is 6.29 Å². The standard InChI is InChI=1S/C12H10Br2N2O/c1-7-12(14)8(2)16(15-7)11-4-3-10(13)5-9(11)6-17/h3-6H,1-2H3. The van der Waals surface area contributed by atoms with Crippen molar-refractivity contribution in [2.75, 3.05) is 0 Å². The zero-order valence-corrected chi connectivity index (χ0v) is 12.5. The summed E-state index contributed by atoms with van der Waals surface area (Å²) in [5, 5.41) is 4.41. The van der Waals surface area contributed by atoms with Crippen molar-refractivity contribution in [3.63, 3.8) is 0 Å². The fourth-order valence-corrected chi connectivity index (χ4v) is 2.30. The minimum Gasteiger partial charge on any atom is -0.298 e. The molecule has 0 aliphatic carbocycles. The number of hydrogen-bond donors (Lipinski definition) is 0. The van der Waals surface area contributed by atoms with Crippen molar-refractivity contribution >= 4 is 38.1 Å². The molecule has 0 saturated carbocycles. The van der Waals surface area contributed by atoms with E-state index in [0.29, 0.717) is 5.56 Å². The molecule has 0 radical (unpaired) electrons. The van der Waals surface area contributed by atoms with E-state index in [2.05, 4.69) is 37.0 Å². The number of benzene rings is 1. The molecule has 0 saturated heterocycles. The highest BCUT2D eigenvalue weighted by molar-refractivity contribution is 9.10. The Morgan fingerprint density at radius 2 is 2.00 bits per heavy atom. The molecular weight excluding hydrogens is 348 g/mol. The lowest BCUT2D eigenvalue weighted by Gasteiger charge is -2.07. The first kappa shape index (κ1) is 12.5. The Morgan fingerprint density at radius 1 is 1.29 bits per heavy atom. The van der Waals surface area contributed by atoms with Gasteiger partial charge in [-0.3, -0.25) is 4.79 Å². The Balaban J connectivity index is 2.68. The van der Waals surface area contributed by atoms with Crippen LogP contribution < -0.4 is 0 Å². The summed E-state index contributed by atoms with van der Waals surface area (Å²) in [6.07, 6.45) is 0.838. The topological polar surface area (TPSA) is 34.9 Å². The fourth-order valence-electron chi connectivity index (χ4n) is 1.67. The van der Waals surface area contributed by atoms with Crippen LogP contribution in [0.25, 0.3) is 5.69 Å². The monoisotopic (exact) mass is 356 g/mol. The van der Waals surface area contributed by atoms with E-state index in [1.807, 2.05) is 26.0 Å². The van der Waals surface area contributed by atoms with Gasteiger partial charge in [0, 0.05) is 10.0 Å². The molecule has 0 N–H and O–H groups in total. The third-order valence-corrected chi connectivity index (χ3v) is 4.19. The number of hydrogen-bond acceptors (Lipinski definition) is 2. The molecule has 0 aliphatic heterocycles. The van der Waals surface area contributed by atoms with Crippen LogP contribution in [0.15, 0.2) is 27.1 Å². The molecule has 88 valence electrons. The van der Waals surface area contributed by atoms with Crippen LogP contribution in [0.3, 0.4) is 0 Å². The first-order valence-corrected chi connectivity index (χ1v) is 6.60. The number of aromatic nitrogens is 2. The van der Waals surface area contributed by atoms with Gasteiger partial charge >= 0.3 is 0 Å². The zero-order valence-electron chi connectivity index (χ0n) is 9.37. The number of carbonyl (C=O) groups excluding carboxylic acids is 1. The molecule has 5 heteroatoms. The summed E-state index contributed by atoms with van der Waals surface area (Å²) in [5.41, 5.74) is 3.28. The number of aryl methyl sites for hydroxylation is 1. The molecular formula is C12H10Br2N2O. The molecule has 0 bridgehead atoms. The molecule has 2 rings (SSSR count). The van der Waals surface area contributed by atoms with Gasteiger partial charge in [-0.25, -0.2) is 4.68 Å². The van der Waals surface area contributed by atoms with E-state index in [-0.39, 0.29) is 0 Å². The van der Waals surface area contributed by atoms with Gasteiger partial charge in [-0.2, -0.15) is 5.10 Å². The lowest BCUT2D eigenvalue weighted by molar-refractivity contribution is 0.112. The van der Waals surface area contributed by atoms with E-state index < -0.39 is 0 Å². The Morgan fingerprint density at radius 3 is 2.53 bits per heavy atom. The van der Waals surface area contributed by atoms with Crippen molar-refractivity contribution in [2.24, 2.45) is 0 Å². The number of rotatable bonds is 2. The Kier molecular flexibility index (Phi) is 3.49. The smallest absolute Gasteiger partial charge is 0.152 e. The normalized spacial score (nSPS) is 10.6. The maximum absolute atomic E-state index is 11.1. The highest BCUT2D eigenvalue weighted by Gasteiger charge is 2.13. The lowest BCUT2D eigenvalue weighted by atomic mass is 10.2. The molecule has 2 aromatic rings. The summed E-state index contributed by atoms with van der Waals surface area (Å²) in [4.78, 5) is 11.1. The highest BCUT2D eigenvalue weighted by atomic mass is 79.9. The second-order valence-corrected chi connectivity index (χ2v) is 5.43. The predicted molar refractivity (Wildman–Crippen MR) is 73.8 cm³/mol. The molecule has 0 aliphatic rings. The first-order valence-electron chi connectivity index (χ1n) is 5.01. The van der Waals surface area contributed by atoms with Crippen LogP contribution in [0.1, 0.15) is 21.7 Å². The van der Waals surface area contributed by atoms with Gasteiger partial charge in [0.1, 0.15) is 0 Å². The maximum Gasteiger partial charge on any atom is 0.152 e. The van der Waals surface area contributed by atoms with Crippen LogP contribution in [0.4, 0.5) is 0 Å². The Labute approximate surface area is 116 Å². The SMILES string of the molecule is Cc1nn(-c2ccc(Br)cc2C=O)c(C)c1Br. The zero-order chi connectivity index (χ0) is 12.6. The maximum atomic E-state index is 11.1. The summed E-state index contributed by atoms with van der Waals surface area (Å²) < 4.78 is 3.62. The molecule has 1 aromatic carbocycles. The van der Waals surface area contributed by atoms with E-state index in [1.54, 1.807) is 10.7 Å². The number of aldehydes is 1. The van der Waals surface area contributed by atoms with Crippen molar-refractivity contribution in [3.8, 4) is 5.69 Å². The van der Waals surface area contributed by atoms with Crippen molar-refractivity contribution in [1.82, 2.24) is 9.78 Å². The molecule has 0 fully saturated rings. The van der Waals surface area contributed by atoms with Crippen LogP contribution in [0.2, 0.25) is 0 Å². The average Bonchev–Trinajstić information content (AvgIpc) is 2.57. The lowest BCUT2D eigenvalue weighted by Crippen LogP contribution is -2.03. The van der Waals surface area contributed by atoms with Gasteiger partial charge in [0.25, 0.3) is 0 Å². The molecule has 3 nitrogen and oxygen atoms in total. The summed E-state index contributed by atoms with van der Waals surface area (Å²) in [5.74, 6) is 0. The van der Waals surface area contributed by atoms with Crippen LogP contribution >= 0.6 is 31.9 Å². The van der Waals surface area contributed by atoms with Crippen LogP contribution in [0.5, 0.6) is 0 Å². The quantitative estimate of drug-likeness (QED) is 0.765. The van der Waals surface area contributed by atoms with Crippen molar-refractivity contribution in [2.45, 2.75) is 13.8 Å². The average molecular weight is 358 g/mol. The summed E-state index contributed by atoms with van der Waals surface area (Å²) in [6.45, 7) is 3.88. The molecule has 0 unspecified atom stereocenters. The van der Waals surface area contributed by atoms with Crippen LogP contribution in [-0.4, -0.2) is 16.1 Å². The molecule has 0 spiro atoms. The molecule has 1 aromatic heterocycles. The highest BCUT2D eigenvalue weighted by Crippen LogP contribution is 2.25. The first-order chi connectivity index (χ1) is 8.04. The van der Waals surface area contributed by atoms with Gasteiger partial charge in [0.05, 0.1) is 21.5 Å². The second-order valence-electron chi connectivity index (χ2n) is 3.72. The van der Waals surface area contributed by atoms with Crippen molar-refractivity contribution < 1.29 is 4.79 Å². The van der Waals surface area contributed by atoms with Gasteiger partial charge in [0.2, 0.25) is 0 Å². The van der Waals surface area contributed by atoms with E-state index >= 15 is 0 Å². The number of carbonyl (C=O) groups is 1. The summed E-state index contributed by atoms with van der Waals surface area (Å²) in [6, 6.07) is 5.55. The van der Waals surface area contributed by atoms with Crippen LogP contribution in [-0.2, 0) is 0 Å². The number of nitrogens with zero attached hydrogens (tertiary/aromatic N) is 2. The van der Waals surface area contributed by atoms with Gasteiger partial charge in [-0.1, -0.05) is 15.9 Å². The van der Waals surface area contributed by atoms with Gasteiger partial charge in [-0.15, -0.1) is 0 Å². The minimum atomic E-state index is 0.609. The summed E-state index contributed by atoms with van der Waals surface area (Å²) >= 11 is 6.83. The van der Waals surface area contributed by atoms with E-state index in [4.69, 9.17) is 0 Å². The van der Waals surface area contributed by atoms with E-state index in [0.717, 1.165) is 32.3 Å². The van der Waals surface area contributed by atoms with E-state index in [1.165, 1.54) is 0 Å². The van der Waals surface area contributed by atoms with Crippen molar-refractivity contribution in [3.05, 3.63) is 44.1 Å². The second kappa shape index (κ2) is 4.74. The molecule has 17 heavy (non-hydrogen) atoms. The van der Waals surface area contributed by atoms with Crippen LogP contribution in [0, 0.1) is 13.8 Å². The number of halogens is 2. The molecule has 1 heterocycles. The predicted octanol–water partition coefficient (Wildman–Crippen LogP) is 3.83. The third-order valence-electron chi connectivity index (χ3n) is 2.55. The molecule has 0 amide bonds. The Bertz CT molecular complexity index is 590. The van der Waals surface area contributed by atoms with E-state index in [9.17, 15) is 4.79 Å². The molecule has 0 atom stereocenters. The largest absolute Gasteiger partial charge is 0.298 e. The minimum absolute atomic E-state index is 0.609. The third kappa shape index (κ3) is 2.21. The fraction of sp³-hybridized carbons (Fsp3) is 0.167. The van der Waals surface area contributed by atoms with Gasteiger partial charge < -0.3 is 0 Å². The van der Waals surface area contributed by atoms with Gasteiger partial charge in [-0.05, 0) is 48.0 Å². The van der Waals surface area contributed by atoms with Crippen molar-refractivity contribution in [1.29, 1.82) is 0 Å². The Hall–Kier alpha value is -0.940.